The van der Waals surface area contributed by atoms with Crippen molar-refractivity contribution in [1.82, 2.24) is 0 Å². The first kappa shape index (κ1) is 14.0. The molecule has 3 nitrogen and oxygen atoms in total. The summed E-state index contributed by atoms with van der Waals surface area (Å²) in [6.45, 7) is 4.24. The summed E-state index contributed by atoms with van der Waals surface area (Å²) in [5.41, 5.74) is -0.515. The van der Waals surface area contributed by atoms with Gasteiger partial charge in [-0.3, -0.25) is 0 Å². The van der Waals surface area contributed by atoms with Crippen molar-refractivity contribution in [3.63, 3.8) is 0 Å². The Labute approximate surface area is 99.5 Å². The van der Waals surface area contributed by atoms with E-state index in [1.165, 1.54) is 12.8 Å². The Hall–Kier alpha value is -0.0900. The van der Waals surface area contributed by atoms with Gasteiger partial charge in [0.25, 0.3) is 0 Å². The van der Waals surface area contributed by atoms with E-state index in [2.05, 4.69) is 13.8 Å². The third-order valence-corrected chi connectivity index (χ3v) is 5.20. The first-order chi connectivity index (χ1) is 7.60. The second kappa shape index (κ2) is 6.60. The summed E-state index contributed by atoms with van der Waals surface area (Å²) < 4.78 is 29.0. The minimum absolute atomic E-state index is 0.129. The molecule has 0 bridgehead atoms. The van der Waals surface area contributed by atoms with E-state index in [1.54, 1.807) is 0 Å². The van der Waals surface area contributed by atoms with Gasteiger partial charge in [0, 0.05) is 0 Å². The molecule has 96 valence electrons. The molecule has 0 spiro atoms. The number of sulfone groups is 1. The van der Waals surface area contributed by atoms with E-state index in [9.17, 15) is 8.42 Å². The van der Waals surface area contributed by atoms with Gasteiger partial charge in [-0.05, 0) is 25.7 Å². The molecule has 0 N–H and O–H groups in total. The molecule has 1 heterocycles. The number of hydrogen-bond donors (Lipinski definition) is 0. The van der Waals surface area contributed by atoms with Gasteiger partial charge in [0.15, 0.2) is 15.3 Å². The van der Waals surface area contributed by atoms with Crippen molar-refractivity contribution in [3.05, 3.63) is 0 Å². The molecule has 1 saturated heterocycles. The van der Waals surface area contributed by atoms with Crippen LogP contribution < -0.4 is 0 Å². The molecule has 1 aliphatic rings. The van der Waals surface area contributed by atoms with E-state index in [0.29, 0.717) is 12.2 Å². The number of hydrogen-bond acceptors (Lipinski definition) is 3. The van der Waals surface area contributed by atoms with E-state index in [1.807, 2.05) is 0 Å². The first-order valence-electron chi connectivity index (χ1n) is 6.47. The standard InChI is InChI=1S/C12H24O3S/c1-3-5-6-8-11(4-2)15-12-9-7-10-16(12,13)14/h11-12H,3-10H2,1-2H3. The maximum Gasteiger partial charge on any atom is 0.177 e. The predicted molar refractivity (Wildman–Crippen MR) is 66.1 cm³/mol. The minimum Gasteiger partial charge on any atom is -0.359 e. The quantitative estimate of drug-likeness (QED) is 0.651. The lowest BCUT2D eigenvalue weighted by Crippen LogP contribution is -2.26. The summed E-state index contributed by atoms with van der Waals surface area (Å²) in [6.07, 6.45) is 7.03. The molecule has 2 atom stereocenters. The molecule has 0 aromatic rings. The number of unbranched alkanes of at least 4 members (excludes halogenated alkanes) is 2. The molecule has 0 aromatic heterocycles. The number of ether oxygens (including phenoxy) is 1. The SMILES string of the molecule is CCCCCC(CC)OC1CCCS1(=O)=O. The van der Waals surface area contributed by atoms with Gasteiger partial charge in [-0.1, -0.05) is 33.1 Å². The van der Waals surface area contributed by atoms with Crippen LogP contribution in [0.4, 0.5) is 0 Å². The van der Waals surface area contributed by atoms with Crippen molar-refractivity contribution in [2.24, 2.45) is 0 Å². The Morgan fingerprint density at radius 2 is 2.06 bits per heavy atom. The Bertz CT molecular complexity index is 285. The Morgan fingerprint density at radius 3 is 2.56 bits per heavy atom. The van der Waals surface area contributed by atoms with Crippen LogP contribution in [0.1, 0.15) is 58.8 Å². The van der Waals surface area contributed by atoms with Gasteiger partial charge in [0.05, 0.1) is 11.9 Å². The molecule has 0 radical (unpaired) electrons. The van der Waals surface area contributed by atoms with Crippen molar-refractivity contribution in [2.75, 3.05) is 5.75 Å². The Morgan fingerprint density at radius 1 is 1.31 bits per heavy atom. The van der Waals surface area contributed by atoms with Gasteiger partial charge in [-0.2, -0.15) is 0 Å². The fourth-order valence-electron chi connectivity index (χ4n) is 2.12. The van der Waals surface area contributed by atoms with E-state index >= 15 is 0 Å². The average Bonchev–Trinajstić information content (AvgIpc) is 2.57. The molecule has 0 saturated carbocycles. The minimum atomic E-state index is -2.95. The van der Waals surface area contributed by atoms with Crippen LogP contribution >= 0.6 is 0 Å². The van der Waals surface area contributed by atoms with Crippen LogP contribution in [0, 0.1) is 0 Å². The van der Waals surface area contributed by atoms with Crippen LogP contribution in [0.15, 0.2) is 0 Å². The largest absolute Gasteiger partial charge is 0.359 e. The molecule has 1 aliphatic heterocycles. The zero-order valence-electron chi connectivity index (χ0n) is 10.4. The maximum absolute atomic E-state index is 11.6. The number of rotatable bonds is 7. The second-order valence-corrected chi connectivity index (χ2v) is 6.86. The van der Waals surface area contributed by atoms with Gasteiger partial charge < -0.3 is 4.74 Å². The topological polar surface area (TPSA) is 43.4 Å². The highest BCUT2D eigenvalue weighted by molar-refractivity contribution is 7.92. The summed E-state index contributed by atoms with van der Waals surface area (Å²) in [4.78, 5) is 0. The van der Waals surface area contributed by atoms with Gasteiger partial charge in [0.1, 0.15) is 0 Å². The van der Waals surface area contributed by atoms with Crippen LogP contribution in [-0.2, 0) is 14.6 Å². The molecular weight excluding hydrogens is 224 g/mol. The lowest BCUT2D eigenvalue weighted by atomic mass is 10.1. The second-order valence-electron chi connectivity index (χ2n) is 4.60. The highest BCUT2D eigenvalue weighted by Gasteiger charge is 2.33. The summed E-state index contributed by atoms with van der Waals surface area (Å²) in [6, 6.07) is 0. The van der Waals surface area contributed by atoms with Crippen molar-refractivity contribution >= 4 is 9.84 Å². The van der Waals surface area contributed by atoms with Crippen LogP contribution in [0.25, 0.3) is 0 Å². The van der Waals surface area contributed by atoms with E-state index in [4.69, 9.17) is 4.74 Å². The van der Waals surface area contributed by atoms with Crippen LogP contribution in [0.2, 0.25) is 0 Å². The highest BCUT2D eigenvalue weighted by Crippen LogP contribution is 2.24. The smallest absolute Gasteiger partial charge is 0.177 e. The molecule has 16 heavy (non-hydrogen) atoms. The maximum atomic E-state index is 11.6. The van der Waals surface area contributed by atoms with E-state index in [0.717, 1.165) is 25.7 Å². The Balaban J connectivity index is 2.38. The van der Waals surface area contributed by atoms with Gasteiger partial charge in [-0.25, -0.2) is 8.42 Å². The monoisotopic (exact) mass is 248 g/mol. The van der Waals surface area contributed by atoms with Crippen LogP contribution in [0.3, 0.4) is 0 Å². The normalized spacial score (nSPS) is 25.8. The van der Waals surface area contributed by atoms with E-state index < -0.39 is 15.3 Å². The first-order valence-corrected chi connectivity index (χ1v) is 8.18. The molecule has 0 amide bonds. The third-order valence-electron chi connectivity index (χ3n) is 3.20. The molecule has 0 aliphatic carbocycles. The van der Waals surface area contributed by atoms with Gasteiger partial charge >= 0.3 is 0 Å². The molecule has 0 aromatic carbocycles. The summed E-state index contributed by atoms with van der Waals surface area (Å²) >= 11 is 0. The molecule has 2 unspecified atom stereocenters. The lowest BCUT2D eigenvalue weighted by molar-refractivity contribution is 0.0213. The van der Waals surface area contributed by atoms with Gasteiger partial charge in [-0.15, -0.1) is 0 Å². The fourth-order valence-corrected chi connectivity index (χ4v) is 3.80. The zero-order valence-corrected chi connectivity index (χ0v) is 11.3. The van der Waals surface area contributed by atoms with Crippen LogP contribution in [-0.4, -0.2) is 25.7 Å². The predicted octanol–water partition coefficient (Wildman–Crippen LogP) is 2.90. The average molecular weight is 248 g/mol. The molecular formula is C12H24O3S. The summed E-state index contributed by atoms with van der Waals surface area (Å²) in [7, 11) is -2.95. The van der Waals surface area contributed by atoms with Crippen molar-refractivity contribution in [1.29, 1.82) is 0 Å². The van der Waals surface area contributed by atoms with Crippen LogP contribution in [0.5, 0.6) is 0 Å². The Kier molecular flexibility index (Phi) is 5.76. The van der Waals surface area contributed by atoms with Crippen molar-refractivity contribution < 1.29 is 13.2 Å². The summed E-state index contributed by atoms with van der Waals surface area (Å²) in [5.74, 6) is 0.309. The molecule has 1 rings (SSSR count). The van der Waals surface area contributed by atoms with Gasteiger partial charge in [0.2, 0.25) is 0 Å². The highest BCUT2D eigenvalue weighted by atomic mass is 32.2. The molecule has 4 heteroatoms. The van der Waals surface area contributed by atoms with Crippen molar-refractivity contribution in [2.45, 2.75) is 70.3 Å². The summed E-state index contributed by atoms with van der Waals surface area (Å²) in [5, 5.41) is 0. The fraction of sp³-hybridized carbons (Fsp3) is 1.00. The third kappa shape index (κ3) is 4.06. The van der Waals surface area contributed by atoms with Crippen molar-refractivity contribution in [3.8, 4) is 0 Å². The molecule has 1 fully saturated rings. The lowest BCUT2D eigenvalue weighted by Gasteiger charge is -2.20. The zero-order chi connectivity index (χ0) is 12.0. The van der Waals surface area contributed by atoms with E-state index in [-0.39, 0.29) is 6.10 Å².